The second-order valence-corrected chi connectivity index (χ2v) is 5.26. The number of carboxylic acid groups (broad SMARTS) is 1. The summed E-state index contributed by atoms with van der Waals surface area (Å²) in [6.07, 6.45) is 5.65. The van der Waals surface area contributed by atoms with Crippen molar-refractivity contribution in [1.29, 1.82) is 0 Å². The Morgan fingerprint density at radius 3 is 2.91 bits per heavy atom. The van der Waals surface area contributed by atoms with E-state index >= 15 is 0 Å². The fraction of sp³-hybridized carbons (Fsp3) is 0.333. The van der Waals surface area contributed by atoms with E-state index in [4.69, 9.17) is 5.11 Å². The zero-order valence-corrected chi connectivity index (χ0v) is 12.0. The van der Waals surface area contributed by atoms with Crippen molar-refractivity contribution < 1.29 is 9.90 Å². The molecule has 3 rings (SSSR count). The zero-order chi connectivity index (χ0) is 15.4. The summed E-state index contributed by atoms with van der Waals surface area (Å²) in [4.78, 5) is 25.2. The van der Waals surface area contributed by atoms with Crippen LogP contribution in [0.3, 0.4) is 0 Å². The molecule has 0 radical (unpaired) electrons. The Labute approximate surface area is 128 Å². The fourth-order valence-electron chi connectivity index (χ4n) is 2.52. The number of hydrogen-bond acceptors (Lipinski definition) is 6. The Morgan fingerprint density at radius 2 is 2.23 bits per heavy atom. The Morgan fingerprint density at radius 1 is 1.32 bits per heavy atom. The second-order valence-electron chi connectivity index (χ2n) is 5.26. The van der Waals surface area contributed by atoms with E-state index in [1.54, 1.807) is 6.20 Å². The van der Waals surface area contributed by atoms with Crippen molar-refractivity contribution >= 4 is 17.6 Å². The molecule has 0 amide bonds. The fourth-order valence-corrected chi connectivity index (χ4v) is 2.52. The summed E-state index contributed by atoms with van der Waals surface area (Å²) >= 11 is 0. The van der Waals surface area contributed by atoms with Crippen LogP contribution in [0.1, 0.15) is 16.9 Å². The quantitative estimate of drug-likeness (QED) is 0.864. The third-order valence-electron chi connectivity index (χ3n) is 3.70. The van der Waals surface area contributed by atoms with Crippen LogP contribution in [0.2, 0.25) is 0 Å². The van der Waals surface area contributed by atoms with E-state index in [0.29, 0.717) is 5.92 Å². The molecule has 3 heterocycles. The van der Waals surface area contributed by atoms with Gasteiger partial charge in [-0.1, -0.05) is 6.07 Å². The summed E-state index contributed by atoms with van der Waals surface area (Å²) in [5, 5.41) is 12.2. The predicted molar refractivity (Wildman–Crippen MR) is 82.0 cm³/mol. The molecule has 2 N–H and O–H groups in total. The molecule has 22 heavy (non-hydrogen) atoms. The van der Waals surface area contributed by atoms with Crippen molar-refractivity contribution in [3.05, 3.63) is 42.5 Å². The molecule has 1 aliphatic rings. The van der Waals surface area contributed by atoms with Crippen LogP contribution >= 0.6 is 0 Å². The number of aromatic carboxylic acids is 1. The van der Waals surface area contributed by atoms with Crippen LogP contribution in [0, 0.1) is 5.92 Å². The van der Waals surface area contributed by atoms with Gasteiger partial charge >= 0.3 is 5.97 Å². The van der Waals surface area contributed by atoms with Crippen LogP contribution in [-0.2, 0) is 0 Å². The van der Waals surface area contributed by atoms with E-state index in [9.17, 15) is 4.79 Å². The Balaban J connectivity index is 1.54. The minimum Gasteiger partial charge on any atom is -0.476 e. The average Bonchev–Trinajstić information content (AvgIpc) is 3.03. The summed E-state index contributed by atoms with van der Waals surface area (Å²) in [6.45, 7) is 2.63. The zero-order valence-electron chi connectivity index (χ0n) is 12.0. The molecular weight excluding hydrogens is 282 g/mol. The van der Waals surface area contributed by atoms with Gasteiger partial charge in [0.2, 0.25) is 0 Å². The number of hydrogen-bond donors (Lipinski definition) is 2. The predicted octanol–water partition coefficient (Wildman–Crippen LogP) is 1.51. The number of aromatic nitrogens is 3. The lowest BCUT2D eigenvalue weighted by Gasteiger charge is -2.17. The highest BCUT2D eigenvalue weighted by Crippen LogP contribution is 2.21. The summed E-state index contributed by atoms with van der Waals surface area (Å²) in [6, 6.07) is 5.79. The number of nitrogens with one attached hydrogen (secondary N) is 1. The van der Waals surface area contributed by atoms with E-state index in [2.05, 4.69) is 25.2 Å². The van der Waals surface area contributed by atoms with Crippen molar-refractivity contribution in [2.75, 3.05) is 29.9 Å². The number of anilines is 2. The van der Waals surface area contributed by atoms with Gasteiger partial charge in [0.15, 0.2) is 5.69 Å². The first-order valence-electron chi connectivity index (χ1n) is 7.17. The van der Waals surface area contributed by atoms with Crippen molar-refractivity contribution in [3.8, 4) is 0 Å². The SMILES string of the molecule is O=C(O)c1cnc(N2CCC(CNc3ccccn3)C2)cn1. The van der Waals surface area contributed by atoms with Gasteiger partial charge in [0, 0.05) is 25.8 Å². The number of pyridine rings is 1. The molecule has 1 fully saturated rings. The molecule has 1 saturated heterocycles. The van der Waals surface area contributed by atoms with Crippen molar-refractivity contribution in [1.82, 2.24) is 15.0 Å². The Kier molecular flexibility index (Phi) is 4.13. The standard InChI is InChI=1S/C15H17N5O2/c21-15(22)12-8-19-14(9-17-12)20-6-4-11(10-20)7-18-13-3-1-2-5-16-13/h1-3,5,8-9,11H,4,6-7,10H2,(H,16,18)(H,21,22). The first-order chi connectivity index (χ1) is 10.7. The maximum absolute atomic E-state index is 10.8. The molecule has 0 bridgehead atoms. The van der Waals surface area contributed by atoms with E-state index in [1.807, 2.05) is 18.2 Å². The summed E-state index contributed by atoms with van der Waals surface area (Å²) < 4.78 is 0. The first kappa shape index (κ1) is 14.2. The topological polar surface area (TPSA) is 91.2 Å². The number of carboxylic acids is 1. The van der Waals surface area contributed by atoms with Gasteiger partial charge < -0.3 is 15.3 Å². The molecule has 0 spiro atoms. The molecule has 1 aliphatic heterocycles. The molecule has 1 atom stereocenters. The van der Waals surface area contributed by atoms with Crippen LogP contribution in [0.4, 0.5) is 11.6 Å². The van der Waals surface area contributed by atoms with Crippen molar-refractivity contribution in [2.24, 2.45) is 5.92 Å². The second kappa shape index (κ2) is 6.38. The van der Waals surface area contributed by atoms with Crippen LogP contribution in [0.25, 0.3) is 0 Å². The van der Waals surface area contributed by atoms with Gasteiger partial charge in [0.25, 0.3) is 0 Å². The first-order valence-corrected chi connectivity index (χ1v) is 7.17. The summed E-state index contributed by atoms with van der Waals surface area (Å²) in [7, 11) is 0. The van der Waals surface area contributed by atoms with Gasteiger partial charge in [-0.3, -0.25) is 0 Å². The normalized spacial score (nSPS) is 17.5. The Hall–Kier alpha value is -2.70. The van der Waals surface area contributed by atoms with Gasteiger partial charge in [-0.2, -0.15) is 0 Å². The smallest absolute Gasteiger partial charge is 0.356 e. The van der Waals surface area contributed by atoms with Gasteiger partial charge in [-0.15, -0.1) is 0 Å². The van der Waals surface area contributed by atoms with Crippen LogP contribution in [-0.4, -0.2) is 45.7 Å². The Bertz CT molecular complexity index is 632. The van der Waals surface area contributed by atoms with Gasteiger partial charge in [-0.25, -0.2) is 19.7 Å². The third-order valence-corrected chi connectivity index (χ3v) is 3.70. The number of rotatable bonds is 5. The van der Waals surface area contributed by atoms with E-state index < -0.39 is 5.97 Å². The van der Waals surface area contributed by atoms with E-state index in [-0.39, 0.29) is 5.69 Å². The molecule has 0 aromatic carbocycles. The van der Waals surface area contributed by atoms with Crippen LogP contribution < -0.4 is 10.2 Å². The molecular formula is C15H17N5O2. The van der Waals surface area contributed by atoms with Gasteiger partial charge in [0.05, 0.1) is 12.4 Å². The van der Waals surface area contributed by atoms with Gasteiger partial charge in [-0.05, 0) is 24.5 Å². The molecule has 1 unspecified atom stereocenters. The van der Waals surface area contributed by atoms with Crippen LogP contribution in [0.15, 0.2) is 36.8 Å². The van der Waals surface area contributed by atoms with E-state index in [0.717, 1.165) is 37.7 Å². The molecule has 7 heteroatoms. The van der Waals surface area contributed by atoms with Gasteiger partial charge in [0.1, 0.15) is 11.6 Å². The number of carbonyl (C=O) groups is 1. The van der Waals surface area contributed by atoms with Crippen LogP contribution in [0.5, 0.6) is 0 Å². The molecule has 114 valence electrons. The van der Waals surface area contributed by atoms with Crippen molar-refractivity contribution in [3.63, 3.8) is 0 Å². The lowest BCUT2D eigenvalue weighted by molar-refractivity contribution is 0.0690. The largest absolute Gasteiger partial charge is 0.476 e. The highest BCUT2D eigenvalue weighted by atomic mass is 16.4. The minimum atomic E-state index is -1.06. The summed E-state index contributed by atoms with van der Waals surface area (Å²) in [5.74, 6) is 1.05. The number of nitrogens with zero attached hydrogens (tertiary/aromatic N) is 4. The maximum atomic E-state index is 10.8. The lowest BCUT2D eigenvalue weighted by atomic mass is 10.1. The molecule has 2 aromatic heterocycles. The van der Waals surface area contributed by atoms with E-state index in [1.165, 1.54) is 12.4 Å². The average molecular weight is 299 g/mol. The minimum absolute atomic E-state index is 0.0312. The van der Waals surface area contributed by atoms with Crippen molar-refractivity contribution in [2.45, 2.75) is 6.42 Å². The molecule has 2 aromatic rings. The monoisotopic (exact) mass is 299 g/mol. The molecule has 0 saturated carbocycles. The molecule has 7 nitrogen and oxygen atoms in total. The molecule has 0 aliphatic carbocycles. The third kappa shape index (κ3) is 3.30. The highest BCUT2D eigenvalue weighted by Gasteiger charge is 2.23. The highest BCUT2D eigenvalue weighted by molar-refractivity contribution is 5.84. The lowest BCUT2D eigenvalue weighted by Crippen LogP contribution is -2.23. The maximum Gasteiger partial charge on any atom is 0.356 e. The summed E-state index contributed by atoms with van der Waals surface area (Å²) in [5.41, 5.74) is -0.0312.